The van der Waals surface area contributed by atoms with Crippen LogP contribution in [0.5, 0.6) is 0 Å². The van der Waals surface area contributed by atoms with Gasteiger partial charge in [-0.2, -0.15) is 11.8 Å². The molecular formula is C40H60N10O14S. The van der Waals surface area contributed by atoms with Crippen LogP contribution in [0.2, 0.25) is 0 Å². The lowest BCUT2D eigenvalue weighted by Crippen LogP contribution is -2.61. The standard InChI is InChI=1S/C40H60N10O14S/c1-20(2)33(50-38(62)26(11-13-32(56)57)46-34(58)21(3)44-35(59)24(41)18-30(43)53)40(64)48-27(14-15-65-4)37(61)47-25(10-12-31(54)55)36(60)49-28(16-22-8-6-5-7-9-22)39(63)45-23(19-51)17-29(42)52/h5-9,19-21,23-28,33H,10-18,41H2,1-4H3,(H2,42,52)(H2,43,53)(H,44,59)(H,45,63)(H,46,58)(H,47,61)(H,48,64)(H,49,60)(H,50,62)(H,54,55)(H,56,57)/t21-,23-,24-,25-,26-,27-,28-,33-/m0/s1. The number of carboxylic acid groups (broad SMARTS) is 2. The lowest BCUT2D eigenvalue weighted by atomic mass is 10.0. The zero-order chi connectivity index (χ0) is 49.4. The van der Waals surface area contributed by atoms with Crippen LogP contribution in [0.15, 0.2) is 30.3 Å². The number of amides is 9. The second-order valence-corrected chi connectivity index (χ2v) is 16.2. The van der Waals surface area contributed by atoms with Gasteiger partial charge in [-0.1, -0.05) is 44.2 Å². The fourth-order valence-electron chi connectivity index (χ4n) is 5.86. The predicted octanol–water partition coefficient (Wildman–Crippen LogP) is -3.94. The first kappa shape index (κ1) is 56.4. The Morgan fingerprint density at radius 3 is 1.54 bits per heavy atom. The molecule has 8 atom stereocenters. The molecule has 0 aliphatic rings. The highest BCUT2D eigenvalue weighted by atomic mass is 32.2. The Labute approximate surface area is 378 Å². The minimum absolute atomic E-state index is 0.0409. The third kappa shape index (κ3) is 22.0. The third-order valence-corrected chi connectivity index (χ3v) is 10.0. The van der Waals surface area contributed by atoms with E-state index in [0.717, 1.165) is 0 Å². The molecule has 0 bridgehead atoms. The van der Waals surface area contributed by atoms with E-state index in [0.29, 0.717) is 5.56 Å². The molecule has 1 aromatic carbocycles. The van der Waals surface area contributed by atoms with Gasteiger partial charge in [-0.05, 0) is 49.7 Å². The molecule has 0 heterocycles. The van der Waals surface area contributed by atoms with Crippen molar-refractivity contribution in [3.63, 3.8) is 0 Å². The first-order chi connectivity index (χ1) is 30.5. The van der Waals surface area contributed by atoms with Gasteiger partial charge < -0.3 is 69.4 Å². The average molecular weight is 937 g/mol. The zero-order valence-electron chi connectivity index (χ0n) is 36.5. The second-order valence-electron chi connectivity index (χ2n) is 15.2. The molecule has 0 spiro atoms. The van der Waals surface area contributed by atoms with Gasteiger partial charge in [0.15, 0.2) is 0 Å². The van der Waals surface area contributed by atoms with Gasteiger partial charge in [-0.25, -0.2) is 0 Å². The molecule has 15 N–H and O–H groups in total. The number of aliphatic carboxylic acids is 2. The summed E-state index contributed by atoms with van der Waals surface area (Å²) in [5.41, 5.74) is 16.4. The summed E-state index contributed by atoms with van der Waals surface area (Å²) in [6, 6.07) is -3.12. The topological polar surface area (TPSA) is 408 Å². The van der Waals surface area contributed by atoms with Crippen LogP contribution in [-0.4, -0.2) is 142 Å². The van der Waals surface area contributed by atoms with Crippen LogP contribution >= 0.6 is 11.8 Å². The summed E-state index contributed by atoms with van der Waals surface area (Å²) in [4.78, 5) is 151. The monoisotopic (exact) mass is 936 g/mol. The molecule has 0 aliphatic heterocycles. The van der Waals surface area contributed by atoms with Crippen LogP contribution < -0.4 is 54.4 Å². The molecular weight excluding hydrogens is 877 g/mol. The summed E-state index contributed by atoms with van der Waals surface area (Å²) in [7, 11) is 0. The van der Waals surface area contributed by atoms with Crippen LogP contribution in [0.25, 0.3) is 0 Å². The van der Waals surface area contributed by atoms with Crippen molar-refractivity contribution in [3.8, 4) is 0 Å². The maximum Gasteiger partial charge on any atom is 0.303 e. The van der Waals surface area contributed by atoms with E-state index in [1.807, 2.05) is 0 Å². The summed E-state index contributed by atoms with van der Waals surface area (Å²) in [5.74, 6) is -11.5. The molecule has 360 valence electrons. The molecule has 1 aromatic rings. The number of nitrogens with one attached hydrogen (secondary N) is 7. The smallest absolute Gasteiger partial charge is 0.303 e. The molecule has 0 aliphatic carbocycles. The van der Waals surface area contributed by atoms with Crippen LogP contribution in [-0.2, 0) is 64.0 Å². The molecule has 65 heavy (non-hydrogen) atoms. The van der Waals surface area contributed by atoms with Crippen molar-refractivity contribution in [2.45, 2.75) is 120 Å². The van der Waals surface area contributed by atoms with Crippen molar-refractivity contribution in [3.05, 3.63) is 35.9 Å². The number of hydrogen-bond donors (Lipinski definition) is 12. The largest absolute Gasteiger partial charge is 0.481 e. The minimum atomic E-state index is -1.60. The fraction of sp³-hybridized carbons (Fsp3) is 0.550. The van der Waals surface area contributed by atoms with Gasteiger partial charge in [-0.3, -0.25) is 52.7 Å². The van der Waals surface area contributed by atoms with E-state index in [1.165, 1.54) is 18.7 Å². The normalized spacial score (nSPS) is 14.6. The van der Waals surface area contributed by atoms with E-state index in [1.54, 1.807) is 50.4 Å². The fourth-order valence-corrected chi connectivity index (χ4v) is 6.33. The molecule has 0 unspecified atom stereocenters. The summed E-state index contributed by atoms with van der Waals surface area (Å²) in [5, 5.41) is 35.7. The Bertz CT molecular complexity index is 1870. The van der Waals surface area contributed by atoms with Crippen LogP contribution in [0.4, 0.5) is 0 Å². The Morgan fingerprint density at radius 2 is 1.06 bits per heavy atom. The number of carboxylic acids is 2. The van der Waals surface area contributed by atoms with Gasteiger partial charge in [0.1, 0.15) is 42.5 Å². The van der Waals surface area contributed by atoms with Crippen LogP contribution in [0, 0.1) is 5.92 Å². The number of thioether (sulfide) groups is 1. The van der Waals surface area contributed by atoms with Crippen LogP contribution in [0.1, 0.15) is 71.3 Å². The highest BCUT2D eigenvalue weighted by molar-refractivity contribution is 7.98. The van der Waals surface area contributed by atoms with Crippen molar-refractivity contribution in [1.82, 2.24) is 37.2 Å². The molecule has 0 saturated heterocycles. The SMILES string of the molecule is CSCC[C@H](NC(=O)[C@@H](NC(=O)[C@H](CCC(=O)O)NC(=O)[C@H](C)NC(=O)[C@@H](N)CC(N)=O)C(C)C)C(=O)N[C@@H](CCC(=O)O)C(=O)N[C@@H](Cc1ccccc1)C(=O)N[C@H](C=O)CC(N)=O. The average Bonchev–Trinajstić information content (AvgIpc) is 3.22. The van der Waals surface area contributed by atoms with Crippen molar-refractivity contribution >= 4 is 83.2 Å². The Balaban J connectivity index is 3.37. The Kier molecular flexibility index (Phi) is 25.1. The number of carbonyl (C=O) groups excluding carboxylic acids is 10. The maximum atomic E-state index is 13.9. The Morgan fingerprint density at radius 1 is 0.600 bits per heavy atom. The highest BCUT2D eigenvalue weighted by Gasteiger charge is 2.35. The third-order valence-electron chi connectivity index (χ3n) is 9.39. The molecule has 0 aromatic heterocycles. The number of primary amides is 2. The predicted molar refractivity (Wildman–Crippen MR) is 233 cm³/mol. The van der Waals surface area contributed by atoms with Gasteiger partial charge in [0.05, 0.1) is 24.9 Å². The van der Waals surface area contributed by atoms with Gasteiger partial charge in [0.25, 0.3) is 0 Å². The quantitative estimate of drug-likeness (QED) is 0.0316. The van der Waals surface area contributed by atoms with Gasteiger partial charge in [-0.15, -0.1) is 0 Å². The second kappa shape index (κ2) is 28.9. The number of carbonyl (C=O) groups is 12. The summed E-state index contributed by atoms with van der Waals surface area (Å²) < 4.78 is 0. The van der Waals surface area contributed by atoms with Crippen molar-refractivity contribution in [1.29, 1.82) is 0 Å². The molecule has 0 saturated carbocycles. The van der Waals surface area contributed by atoms with Gasteiger partial charge in [0.2, 0.25) is 53.2 Å². The molecule has 0 radical (unpaired) electrons. The van der Waals surface area contributed by atoms with E-state index < -0.39 is 158 Å². The van der Waals surface area contributed by atoms with E-state index >= 15 is 0 Å². The molecule has 25 heteroatoms. The van der Waals surface area contributed by atoms with E-state index in [2.05, 4.69) is 37.2 Å². The first-order valence-electron chi connectivity index (χ1n) is 20.4. The van der Waals surface area contributed by atoms with E-state index in [4.69, 9.17) is 17.2 Å². The van der Waals surface area contributed by atoms with Gasteiger partial charge >= 0.3 is 11.9 Å². The summed E-state index contributed by atoms with van der Waals surface area (Å²) in [6.07, 6.45) is -1.43. The summed E-state index contributed by atoms with van der Waals surface area (Å²) in [6.45, 7) is 4.31. The van der Waals surface area contributed by atoms with E-state index in [9.17, 15) is 67.7 Å². The van der Waals surface area contributed by atoms with Crippen molar-refractivity contribution in [2.24, 2.45) is 23.1 Å². The number of benzene rings is 1. The molecule has 1 rings (SSSR count). The van der Waals surface area contributed by atoms with Gasteiger partial charge in [0, 0.05) is 19.3 Å². The molecule has 0 fully saturated rings. The first-order valence-corrected chi connectivity index (χ1v) is 21.7. The lowest BCUT2D eigenvalue weighted by molar-refractivity contribution is -0.139. The summed E-state index contributed by atoms with van der Waals surface area (Å²) >= 11 is 1.29. The number of aldehydes is 1. The number of rotatable bonds is 31. The molecule has 9 amide bonds. The van der Waals surface area contributed by atoms with Crippen molar-refractivity contribution in [2.75, 3.05) is 12.0 Å². The van der Waals surface area contributed by atoms with E-state index in [-0.39, 0.29) is 24.9 Å². The minimum Gasteiger partial charge on any atom is -0.481 e. The van der Waals surface area contributed by atoms with Crippen LogP contribution in [0.3, 0.4) is 0 Å². The Hall–Kier alpha value is -6.63. The number of hydrogen-bond acceptors (Lipinski definition) is 14. The zero-order valence-corrected chi connectivity index (χ0v) is 37.3. The van der Waals surface area contributed by atoms with Crippen molar-refractivity contribution < 1.29 is 67.7 Å². The molecule has 24 nitrogen and oxygen atoms in total. The maximum absolute atomic E-state index is 13.9. The lowest BCUT2D eigenvalue weighted by Gasteiger charge is -2.29. The highest BCUT2D eigenvalue weighted by Crippen LogP contribution is 2.11. The number of nitrogens with two attached hydrogens (primary N) is 3.